The van der Waals surface area contributed by atoms with E-state index in [0.29, 0.717) is 0 Å². The van der Waals surface area contributed by atoms with E-state index in [4.69, 9.17) is 5.11 Å². The highest BCUT2D eigenvalue weighted by atomic mass is 16.3. The summed E-state index contributed by atoms with van der Waals surface area (Å²) in [5.74, 6) is 0. The van der Waals surface area contributed by atoms with Crippen LogP contribution in [0.1, 0.15) is 22.3 Å². The maximum Gasteiger partial charge on any atom is 0.0956 e. The van der Waals surface area contributed by atoms with Gasteiger partial charge >= 0.3 is 0 Å². The zero-order valence-electron chi connectivity index (χ0n) is 9.46. The number of aliphatic hydroxyl groups excluding tert-OH is 1. The fraction of sp³-hybridized carbons (Fsp3) is 0.500. The second kappa shape index (κ2) is 4.58. The van der Waals surface area contributed by atoms with Crippen molar-refractivity contribution in [3.05, 3.63) is 34.4 Å². The molecule has 0 saturated heterocycles. The number of hydrogen-bond donors (Lipinski definition) is 1. The van der Waals surface area contributed by atoms with Crippen molar-refractivity contribution in [2.75, 3.05) is 13.8 Å². The van der Waals surface area contributed by atoms with Gasteiger partial charge in [-0.3, -0.25) is 4.90 Å². The Kier molecular flexibility index (Phi) is 3.67. The molecule has 0 saturated carbocycles. The maximum absolute atomic E-state index is 8.96. The molecule has 0 aliphatic rings. The van der Waals surface area contributed by atoms with Crippen LogP contribution in [0.25, 0.3) is 0 Å². The number of rotatable bonds is 3. The van der Waals surface area contributed by atoms with E-state index in [2.05, 4.69) is 32.9 Å². The van der Waals surface area contributed by atoms with Gasteiger partial charge in [0.1, 0.15) is 0 Å². The lowest BCUT2D eigenvalue weighted by molar-refractivity contribution is 0.126. The summed E-state index contributed by atoms with van der Waals surface area (Å²) in [6.07, 6.45) is 0. The van der Waals surface area contributed by atoms with Crippen molar-refractivity contribution in [2.24, 2.45) is 0 Å². The Morgan fingerprint density at radius 1 is 1.14 bits per heavy atom. The molecule has 1 rings (SSSR count). The number of hydrogen-bond acceptors (Lipinski definition) is 2. The minimum atomic E-state index is 0.104. The van der Waals surface area contributed by atoms with Crippen LogP contribution >= 0.6 is 0 Å². The summed E-state index contributed by atoms with van der Waals surface area (Å²) in [6.45, 7) is 7.28. The van der Waals surface area contributed by atoms with E-state index in [9.17, 15) is 0 Å². The van der Waals surface area contributed by atoms with E-state index in [-0.39, 0.29) is 6.73 Å². The zero-order chi connectivity index (χ0) is 10.7. The van der Waals surface area contributed by atoms with Crippen LogP contribution in [0.2, 0.25) is 0 Å². The normalized spacial score (nSPS) is 11.0. The highest BCUT2D eigenvalue weighted by Crippen LogP contribution is 2.17. The van der Waals surface area contributed by atoms with Gasteiger partial charge in [-0.25, -0.2) is 0 Å². The lowest BCUT2D eigenvalue weighted by Gasteiger charge is -2.17. The van der Waals surface area contributed by atoms with Gasteiger partial charge in [0.2, 0.25) is 0 Å². The SMILES string of the molecule is Cc1cc(C)c(CN(C)CO)c(C)c1. The molecule has 0 atom stereocenters. The summed E-state index contributed by atoms with van der Waals surface area (Å²) < 4.78 is 0. The quantitative estimate of drug-likeness (QED) is 0.742. The minimum Gasteiger partial charge on any atom is -0.381 e. The molecule has 78 valence electrons. The van der Waals surface area contributed by atoms with E-state index in [1.807, 2.05) is 11.9 Å². The third-order valence-electron chi connectivity index (χ3n) is 2.51. The topological polar surface area (TPSA) is 23.5 Å². The highest BCUT2D eigenvalue weighted by Gasteiger charge is 2.05. The minimum absolute atomic E-state index is 0.104. The fourth-order valence-electron chi connectivity index (χ4n) is 1.78. The van der Waals surface area contributed by atoms with Crippen molar-refractivity contribution < 1.29 is 5.11 Å². The summed E-state index contributed by atoms with van der Waals surface area (Å²) in [5, 5.41) is 8.96. The van der Waals surface area contributed by atoms with Gasteiger partial charge in [0.05, 0.1) is 6.73 Å². The Labute approximate surface area is 86.2 Å². The number of nitrogens with zero attached hydrogens (tertiary/aromatic N) is 1. The van der Waals surface area contributed by atoms with Crippen molar-refractivity contribution in [1.29, 1.82) is 0 Å². The van der Waals surface area contributed by atoms with E-state index in [1.54, 1.807) is 0 Å². The van der Waals surface area contributed by atoms with Gasteiger partial charge in [0.15, 0.2) is 0 Å². The second-order valence-corrected chi connectivity index (χ2v) is 4.03. The number of benzene rings is 1. The van der Waals surface area contributed by atoms with Crippen molar-refractivity contribution >= 4 is 0 Å². The third-order valence-corrected chi connectivity index (χ3v) is 2.51. The predicted octanol–water partition coefficient (Wildman–Crippen LogP) is 1.99. The van der Waals surface area contributed by atoms with Crippen molar-refractivity contribution in [1.82, 2.24) is 4.90 Å². The van der Waals surface area contributed by atoms with Gasteiger partial charge in [0, 0.05) is 6.54 Å². The molecular weight excluding hydrogens is 174 g/mol. The first-order valence-electron chi connectivity index (χ1n) is 4.90. The summed E-state index contributed by atoms with van der Waals surface area (Å²) in [4.78, 5) is 1.89. The van der Waals surface area contributed by atoms with Crippen LogP contribution in [-0.2, 0) is 6.54 Å². The molecule has 0 amide bonds. The molecule has 0 aliphatic carbocycles. The first kappa shape index (κ1) is 11.2. The standard InChI is InChI=1S/C12H19NO/c1-9-5-10(2)12(11(3)6-9)7-13(4)8-14/h5-6,14H,7-8H2,1-4H3. The Hall–Kier alpha value is -0.860. The number of aliphatic hydroxyl groups is 1. The molecule has 0 aromatic heterocycles. The Morgan fingerprint density at radius 2 is 1.64 bits per heavy atom. The zero-order valence-corrected chi connectivity index (χ0v) is 9.46. The summed E-state index contributed by atoms with van der Waals surface area (Å²) in [7, 11) is 1.92. The molecule has 0 bridgehead atoms. The lowest BCUT2D eigenvalue weighted by Crippen LogP contribution is -2.19. The van der Waals surface area contributed by atoms with Crippen LogP contribution in [0.5, 0.6) is 0 Å². The monoisotopic (exact) mass is 193 g/mol. The molecule has 0 heterocycles. The van der Waals surface area contributed by atoms with Crippen LogP contribution < -0.4 is 0 Å². The van der Waals surface area contributed by atoms with Crippen molar-refractivity contribution in [3.8, 4) is 0 Å². The van der Waals surface area contributed by atoms with Gasteiger partial charge in [-0.1, -0.05) is 17.7 Å². The highest BCUT2D eigenvalue weighted by molar-refractivity contribution is 5.37. The van der Waals surface area contributed by atoms with Crippen LogP contribution in [-0.4, -0.2) is 23.8 Å². The maximum atomic E-state index is 8.96. The van der Waals surface area contributed by atoms with E-state index < -0.39 is 0 Å². The molecule has 0 unspecified atom stereocenters. The van der Waals surface area contributed by atoms with Gasteiger partial charge in [-0.05, 0) is 44.5 Å². The van der Waals surface area contributed by atoms with E-state index in [1.165, 1.54) is 22.3 Å². The van der Waals surface area contributed by atoms with Crippen LogP contribution in [0.15, 0.2) is 12.1 Å². The average molecular weight is 193 g/mol. The van der Waals surface area contributed by atoms with Gasteiger partial charge in [0.25, 0.3) is 0 Å². The first-order chi connectivity index (χ1) is 6.54. The summed E-state index contributed by atoms with van der Waals surface area (Å²) >= 11 is 0. The Bertz CT molecular complexity index is 297. The Balaban J connectivity index is 2.96. The van der Waals surface area contributed by atoms with Gasteiger partial charge in [-0.2, -0.15) is 0 Å². The smallest absolute Gasteiger partial charge is 0.0956 e. The first-order valence-corrected chi connectivity index (χ1v) is 4.90. The van der Waals surface area contributed by atoms with E-state index >= 15 is 0 Å². The van der Waals surface area contributed by atoms with Crippen LogP contribution in [0.3, 0.4) is 0 Å². The van der Waals surface area contributed by atoms with Crippen LogP contribution in [0, 0.1) is 20.8 Å². The van der Waals surface area contributed by atoms with Gasteiger partial charge in [-0.15, -0.1) is 0 Å². The average Bonchev–Trinajstić information content (AvgIpc) is 2.10. The lowest BCUT2D eigenvalue weighted by atomic mass is 10.00. The van der Waals surface area contributed by atoms with Crippen molar-refractivity contribution in [2.45, 2.75) is 27.3 Å². The molecule has 0 spiro atoms. The predicted molar refractivity (Wildman–Crippen MR) is 59.2 cm³/mol. The second-order valence-electron chi connectivity index (χ2n) is 4.03. The molecule has 1 aromatic carbocycles. The number of aryl methyl sites for hydroxylation is 3. The van der Waals surface area contributed by atoms with E-state index in [0.717, 1.165) is 6.54 Å². The Morgan fingerprint density at radius 3 is 2.07 bits per heavy atom. The summed E-state index contributed by atoms with van der Waals surface area (Å²) in [5.41, 5.74) is 5.24. The molecule has 1 aromatic rings. The molecule has 0 fully saturated rings. The van der Waals surface area contributed by atoms with Crippen molar-refractivity contribution in [3.63, 3.8) is 0 Å². The molecular formula is C12H19NO. The molecule has 0 aliphatic heterocycles. The fourth-order valence-corrected chi connectivity index (χ4v) is 1.78. The summed E-state index contributed by atoms with van der Waals surface area (Å²) in [6, 6.07) is 4.38. The van der Waals surface area contributed by atoms with Crippen LogP contribution in [0.4, 0.5) is 0 Å². The molecule has 14 heavy (non-hydrogen) atoms. The molecule has 2 heteroatoms. The largest absolute Gasteiger partial charge is 0.381 e. The molecule has 2 nitrogen and oxygen atoms in total. The van der Waals surface area contributed by atoms with Gasteiger partial charge < -0.3 is 5.11 Å². The molecule has 0 radical (unpaired) electrons. The molecule has 1 N–H and O–H groups in total. The third kappa shape index (κ3) is 2.56.